The van der Waals surface area contributed by atoms with Crippen molar-refractivity contribution >= 4 is 5.91 Å². The smallest absolute Gasteiger partial charge is 0.276 e. The van der Waals surface area contributed by atoms with Crippen LogP contribution in [0.2, 0.25) is 0 Å². The predicted octanol–water partition coefficient (Wildman–Crippen LogP) is 1.44. The molecule has 0 spiro atoms. The van der Waals surface area contributed by atoms with Gasteiger partial charge in [-0.3, -0.25) is 4.79 Å². The largest absolute Gasteiger partial charge is 0.361 e. The van der Waals surface area contributed by atoms with E-state index in [4.69, 9.17) is 4.52 Å². The van der Waals surface area contributed by atoms with Crippen molar-refractivity contribution in [3.63, 3.8) is 0 Å². The van der Waals surface area contributed by atoms with Gasteiger partial charge in [0, 0.05) is 19.2 Å². The van der Waals surface area contributed by atoms with Crippen LogP contribution in [0, 0.1) is 12.8 Å². The molecule has 1 amide bonds. The quantitative estimate of drug-likeness (QED) is 0.880. The second-order valence-corrected chi connectivity index (χ2v) is 4.87. The number of hydrogen-bond donors (Lipinski definition) is 1. The first-order valence-corrected chi connectivity index (χ1v) is 6.64. The van der Waals surface area contributed by atoms with Crippen molar-refractivity contribution in [1.82, 2.24) is 15.4 Å². The van der Waals surface area contributed by atoms with E-state index in [0.29, 0.717) is 17.4 Å². The summed E-state index contributed by atoms with van der Waals surface area (Å²) >= 11 is 0. The Kier molecular flexibility index (Phi) is 4.36. The predicted molar refractivity (Wildman–Crippen MR) is 68.4 cm³/mol. The molecule has 2 heterocycles. The molecule has 1 aliphatic rings. The molecule has 0 aromatic carbocycles. The third-order valence-corrected chi connectivity index (χ3v) is 3.43. The van der Waals surface area contributed by atoms with E-state index in [0.717, 1.165) is 39.0 Å². The fourth-order valence-corrected chi connectivity index (χ4v) is 2.32. The van der Waals surface area contributed by atoms with Gasteiger partial charge in [0.15, 0.2) is 5.69 Å². The van der Waals surface area contributed by atoms with Gasteiger partial charge in [0.05, 0.1) is 0 Å². The lowest BCUT2D eigenvalue weighted by molar-refractivity contribution is 0.0680. The number of aryl methyl sites for hydroxylation is 1. The van der Waals surface area contributed by atoms with Crippen molar-refractivity contribution in [1.29, 1.82) is 0 Å². The molecular formula is C13H21N3O2. The number of nitrogens with one attached hydrogen (secondary N) is 1. The number of carbonyl (C=O) groups is 1. The standard InChI is InChI=1S/C13H21N3O2/c1-3-14-9-11-4-6-16(7-5-11)13(17)12-8-10(2)18-15-12/h8,11,14H,3-7,9H2,1-2H3. The summed E-state index contributed by atoms with van der Waals surface area (Å²) < 4.78 is 4.94. The first-order valence-electron chi connectivity index (χ1n) is 6.64. The third-order valence-electron chi connectivity index (χ3n) is 3.43. The fraction of sp³-hybridized carbons (Fsp3) is 0.692. The molecule has 2 rings (SSSR count). The minimum Gasteiger partial charge on any atom is -0.361 e. The Morgan fingerprint density at radius 2 is 2.28 bits per heavy atom. The number of amides is 1. The van der Waals surface area contributed by atoms with Crippen molar-refractivity contribution in [2.24, 2.45) is 5.92 Å². The highest BCUT2D eigenvalue weighted by Crippen LogP contribution is 2.18. The lowest BCUT2D eigenvalue weighted by atomic mass is 9.96. The van der Waals surface area contributed by atoms with E-state index in [-0.39, 0.29) is 5.91 Å². The zero-order valence-corrected chi connectivity index (χ0v) is 11.1. The van der Waals surface area contributed by atoms with Crippen LogP contribution in [0.1, 0.15) is 36.0 Å². The fourth-order valence-electron chi connectivity index (χ4n) is 2.32. The highest BCUT2D eigenvalue weighted by Gasteiger charge is 2.24. The first-order chi connectivity index (χ1) is 8.70. The molecule has 0 unspecified atom stereocenters. The lowest BCUT2D eigenvalue weighted by Gasteiger charge is -2.31. The third kappa shape index (κ3) is 3.10. The molecule has 1 saturated heterocycles. The topological polar surface area (TPSA) is 58.4 Å². The second-order valence-electron chi connectivity index (χ2n) is 4.87. The minimum absolute atomic E-state index is 0.00579. The molecule has 100 valence electrons. The molecule has 18 heavy (non-hydrogen) atoms. The number of likely N-dealkylation sites (tertiary alicyclic amines) is 1. The maximum absolute atomic E-state index is 12.1. The van der Waals surface area contributed by atoms with Gasteiger partial charge in [-0.1, -0.05) is 12.1 Å². The van der Waals surface area contributed by atoms with Gasteiger partial charge >= 0.3 is 0 Å². The van der Waals surface area contributed by atoms with Crippen LogP contribution in [0.4, 0.5) is 0 Å². The lowest BCUT2D eigenvalue weighted by Crippen LogP contribution is -2.40. The Morgan fingerprint density at radius 1 is 1.56 bits per heavy atom. The molecule has 0 aliphatic carbocycles. The van der Waals surface area contributed by atoms with E-state index < -0.39 is 0 Å². The molecular weight excluding hydrogens is 230 g/mol. The average molecular weight is 251 g/mol. The van der Waals surface area contributed by atoms with Crippen LogP contribution in [-0.4, -0.2) is 42.1 Å². The van der Waals surface area contributed by atoms with Gasteiger partial charge in [0.1, 0.15) is 5.76 Å². The van der Waals surface area contributed by atoms with Crippen LogP contribution >= 0.6 is 0 Å². The van der Waals surface area contributed by atoms with Crippen LogP contribution in [0.25, 0.3) is 0 Å². The number of rotatable bonds is 4. The van der Waals surface area contributed by atoms with E-state index in [9.17, 15) is 4.79 Å². The Labute approximate surface area is 108 Å². The Bertz CT molecular complexity index is 395. The van der Waals surface area contributed by atoms with Crippen molar-refractivity contribution < 1.29 is 9.32 Å². The van der Waals surface area contributed by atoms with Gasteiger partial charge in [-0.15, -0.1) is 0 Å². The second kappa shape index (κ2) is 6.00. The van der Waals surface area contributed by atoms with Crippen molar-refractivity contribution in [3.05, 3.63) is 17.5 Å². The summed E-state index contributed by atoms with van der Waals surface area (Å²) in [7, 11) is 0. The average Bonchev–Trinajstić information content (AvgIpc) is 2.83. The normalized spacial score (nSPS) is 17.1. The van der Waals surface area contributed by atoms with Gasteiger partial charge in [-0.25, -0.2) is 0 Å². The van der Waals surface area contributed by atoms with Gasteiger partial charge in [-0.05, 0) is 38.8 Å². The monoisotopic (exact) mass is 251 g/mol. The van der Waals surface area contributed by atoms with Gasteiger partial charge in [0.25, 0.3) is 5.91 Å². The van der Waals surface area contributed by atoms with E-state index in [2.05, 4.69) is 17.4 Å². The van der Waals surface area contributed by atoms with Gasteiger partial charge in [0.2, 0.25) is 0 Å². The molecule has 1 aliphatic heterocycles. The summed E-state index contributed by atoms with van der Waals surface area (Å²) in [6, 6.07) is 1.70. The van der Waals surface area contributed by atoms with E-state index in [1.807, 2.05) is 4.90 Å². The van der Waals surface area contributed by atoms with E-state index >= 15 is 0 Å². The van der Waals surface area contributed by atoms with Crippen molar-refractivity contribution in [3.8, 4) is 0 Å². The zero-order chi connectivity index (χ0) is 13.0. The molecule has 5 nitrogen and oxygen atoms in total. The Hall–Kier alpha value is -1.36. The highest BCUT2D eigenvalue weighted by atomic mass is 16.5. The summed E-state index contributed by atoms with van der Waals surface area (Å²) in [6.07, 6.45) is 2.13. The van der Waals surface area contributed by atoms with Crippen LogP contribution in [0.3, 0.4) is 0 Å². The molecule has 1 N–H and O–H groups in total. The Morgan fingerprint density at radius 3 is 2.83 bits per heavy atom. The van der Waals surface area contributed by atoms with Crippen molar-refractivity contribution in [2.75, 3.05) is 26.2 Å². The number of hydrogen-bond acceptors (Lipinski definition) is 4. The van der Waals surface area contributed by atoms with E-state index in [1.54, 1.807) is 13.0 Å². The SMILES string of the molecule is CCNCC1CCN(C(=O)c2cc(C)on2)CC1. The number of nitrogens with zero attached hydrogens (tertiary/aromatic N) is 2. The molecule has 1 aromatic rings. The van der Waals surface area contributed by atoms with Crippen LogP contribution < -0.4 is 5.32 Å². The maximum atomic E-state index is 12.1. The maximum Gasteiger partial charge on any atom is 0.276 e. The number of piperidine rings is 1. The molecule has 5 heteroatoms. The summed E-state index contributed by atoms with van der Waals surface area (Å²) in [4.78, 5) is 14.0. The number of aromatic nitrogens is 1. The van der Waals surface area contributed by atoms with Crippen LogP contribution in [-0.2, 0) is 0 Å². The van der Waals surface area contributed by atoms with Crippen LogP contribution in [0.15, 0.2) is 10.6 Å². The summed E-state index contributed by atoms with van der Waals surface area (Å²) in [5.41, 5.74) is 0.428. The summed E-state index contributed by atoms with van der Waals surface area (Å²) in [5, 5.41) is 7.15. The minimum atomic E-state index is -0.00579. The molecule has 0 atom stereocenters. The van der Waals surface area contributed by atoms with E-state index in [1.165, 1.54) is 0 Å². The number of carbonyl (C=O) groups excluding carboxylic acids is 1. The van der Waals surface area contributed by atoms with Gasteiger partial charge < -0.3 is 14.7 Å². The molecule has 1 fully saturated rings. The molecule has 0 bridgehead atoms. The molecule has 0 saturated carbocycles. The van der Waals surface area contributed by atoms with Crippen molar-refractivity contribution in [2.45, 2.75) is 26.7 Å². The van der Waals surface area contributed by atoms with Gasteiger partial charge in [-0.2, -0.15) is 0 Å². The van der Waals surface area contributed by atoms with Crippen LogP contribution in [0.5, 0.6) is 0 Å². The zero-order valence-electron chi connectivity index (χ0n) is 11.1. The molecule has 0 radical (unpaired) electrons. The summed E-state index contributed by atoms with van der Waals surface area (Å²) in [5.74, 6) is 1.36. The highest BCUT2D eigenvalue weighted by molar-refractivity contribution is 5.92. The summed E-state index contributed by atoms with van der Waals surface area (Å²) in [6.45, 7) is 7.62. The first kappa shape index (κ1) is 13.1. The Balaban J connectivity index is 1.84. The molecule has 1 aromatic heterocycles.